The summed E-state index contributed by atoms with van der Waals surface area (Å²) >= 11 is 1.66. The Morgan fingerprint density at radius 2 is 2.08 bits per heavy atom. The number of carbonyl (C=O) groups excluding carboxylic acids is 1. The molecule has 130 valence electrons. The molecule has 1 atom stereocenters. The highest BCUT2D eigenvalue weighted by atomic mass is 32.1. The minimum absolute atomic E-state index is 0.114. The molecule has 6 heteroatoms. The van der Waals surface area contributed by atoms with Crippen LogP contribution in [0.5, 0.6) is 0 Å². The number of rotatable bonds is 4. The predicted octanol–water partition coefficient (Wildman–Crippen LogP) is 3.19. The quantitative estimate of drug-likeness (QED) is 0.924. The van der Waals surface area contributed by atoms with Gasteiger partial charge in [-0.25, -0.2) is 4.98 Å². The number of aliphatic hydroxyl groups is 1. The maximum absolute atomic E-state index is 12.6. The summed E-state index contributed by atoms with van der Waals surface area (Å²) in [7, 11) is 1.90. The topological polar surface area (TPSA) is 58.4 Å². The Labute approximate surface area is 146 Å². The molecule has 3 rings (SSSR count). The zero-order chi connectivity index (χ0) is 17.3. The number of hydrogen-bond donors (Lipinski definition) is 1. The summed E-state index contributed by atoms with van der Waals surface area (Å²) in [6, 6.07) is 2.02. The van der Waals surface area contributed by atoms with Gasteiger partial charge < -0.3 is 14.6 Å². The van der Waals surface area contributed by atoms with Gasteiger partial charge in [0.25, 0.3) is 5.91 Å². The third-order valence-electron chi connectivity index (χ3n) is 4.83. The molecule has 1 amide bonds. The second kappa shape index (κ2) is 7.07. The van der Waals surface area contributed by atoms with Gasteiger partial charge in [0.15, 0.2) is 0 Å². The van der Waals surface area contributed by atoms with Crippen LogP contribution in [0.3, 0.4) is 0 Å². The zero-order valence-electron chi connectivity index (χ0n) is 14.5. The van der Waals surface area contributed by atoms with Crippen molar-refractivity contribution in [2.24, 2.45) is 13.0 Å². The molecular weight excluding hydrogens is 322 g/mol. The fourth-order valence-corrected chi connectivity index (χ4v) is 4.14. The Kier molecular flexibility index (Phi) is 5.06. The first-order chi connectivity index (χ1) is 11.5. The fourth-order valence-electron chi connectivity index (χ4n) is 3.24. The molecule has 0 radical (unpaired) electrons. The minimum Gasteiger partial charge on any atom is -0.385 e. The maximum atomic E-state index is 12.6. The Morgan fingerprint density at radius 3 is 2.62 bits per heavy atom. The average molecular weight is 347 g/mol. The van der Waals surface area contributed by atoms with Crippen molar-refractivity contribution in [2.75, 3.05) is 13.1 Å². The standard InChI is InChI=1S/C18H25N3O2S/c1-12(2)15-10-14(11-24-15)18(23)21-7-4-13(5-8-21)16(22)17-19-6-9-20(17)3/h6,9-13,16,22H,4-5,7-8H2,1-3H3/t16-/m0/s1. The van der Waals surface area contributed by atoms with Crippen LogP contribution < -0.4 is 0 Å². The first-order valence-electron chi connectivity index (χ1n) is 8.50. The molecule has 2 aromatic heterocycles. The Bertz CT molecular complexity index is 699. The van der Waals surface area contributed by atoms with Gasteiger partial charge in [0, 0.05) is 42.8 Å². The first-order valence-corrected chi connectivity index (χ1v) is 9.38. The monoisotopic (exact) mass is 347 g/mol. The summed E-state index contributed by atoms with van der Waals surface area (Å²) in [5.74, 6) is 1.43. The number of hydrogen-bond acceptors (Lipinski definition) is 4. The molecule has 0 saturated carbocycles. The minimum atomic E-state index is -0.559. The number of imidazole rings is 1. The van der Waals surface area contributed by atoms with E-state index in [1.165, 1.54) is 4.88 Å². The molecule has 0 unspecified atom stereocenters. The van der Waals surface area contributed by atoms with Gasteiger partial charge in [-0.2, -0.15) is 0 Å². The van der Waals surface area contributed by atoms with E-state index in [4.69, 9.17) is 0 Å². The molecule has 0 aliphatic carbocycles. The molecule has 1 N–H and O–H groups in total. The van der Waals surface area contributed by atoms with E-state index in [1.54, 1.807) is 17.5 Å². The number of piperidine rings is 1. The van der Waals surface area contributed by atoms with Crippen molar-refractivity contribution in [1.29, 1.82) is 0 Å². The average Bonchev–Trinajstić information content (AvgIpc) is 3.23. The largest absolute Gasteiger partial charge is 0.385 e. The normalized spacial score (nSPS) is 17.5. The smallest absolute Gasteiger partial charge is 0.254 e. The summed E-state index contributed by atoms with van der Waals surface area (Å²) in [4.78, 5) is 20.1. The molecule has 1 fully saturated rings. The first kappa shape index (κ1) is 17.2. The van der Waals surface area contributed by atoms with E-state index >= 15 is 0 Å². The van der Waals surface area contributed by atoms with Gasteiger partial charge >= 0.3 is 0 Å². The molecule has 24 heavy (non-hydrogen) atoms. The fraction of sp³-hybridized carbons (Fsp3) is 0.556. The Morgan fingerprint density at radius 1 is 1.38 bits per heavy atom. The van der Waals surface area contributed by atoms with Gasteiger partial charge in [-0.3, -0.25) is 4.79 Å². The predicted molar refractivity (Wildman–Crippen MR) is 95.2 cm³/mol. The summed E-state index contributed by atoms with van der Waals surface area (Å²) in [6.07, 6.45) is 4.61. The van der Waals surface area contributed by atoms with Crippen LogP contribution in [0.25, 0.3) is 0 Å². The highest BCUT2D eigenvalue weighted by Gasteiger charge is 2.30. The van der Waals surface area contributed by atoms with Gasteiger partial charge in [-0.05, 0) is 30.7 Å². The number of aryl methyl sites for hydroxylation is 1. The van der Waals surface area contributed by atoms with Gasteiger partial charge in [-0.15, -0.1) is 11.3 Å². The van der Waals surface area contributed by atoms with E-state index in [-0.39, 0.29) is 11.8 Å². The lowest BCUT2D eigenvalue weighted by Crippen LogP contribution is -2.39. The van der Waals surface area contributed by atoms with E-state index in [2.05, 4.69) is 18.8 Å². The number of aliphatic hydroxyl groups excluding tert-OH is 1. The molecule has 3 heterocycles. The van der Waals surface area contributed by atoms with Crippen molar-refractivity contribution in [3.63, 3.8) is 0 Å². The summed E-state index contributed by atoms with van der Waals surface area (Å²) in [5, 5.41) is 12.5. The lowest BCUT2D eigenvalue weighted by atomic mass is 9.90. The number of thiophene rings is 1. The van der Waals surface area contributed by atoms with Crippen LogP contribution in [0.4, 0.5) is 0 Å². The van der Waals surface area contributed by atoms with Crippen LogP contribution in [-0.4, -0.2) is 38.6 Å². The van der Waals surface area contributed by atoms with Crippen molar-refractivity contribution in [2.45, 2.75) is 38.7 Å². The van der Waals surface area contributed by atoms with Crippen LogP contribution in [0.1, 0.15) is 59.8 Å². The van der Waals surface area contributed by atoms with E-state index in [0.717, 1.165) is 18.4 Å². The van der Waals surface area contributed by atoms with Crippen LogP contribution >= 0.6 is 11.3 Å². The molecule has 0 bridgehead atoms. The van der Waals surface area contributed by atoms with Crippen molar-refractivity contribution in [1.82, 2.24) is 14.5 Å². The second-order valence-corrected chi connectivity index (χ2v) is 7.81. The SMILES string of the molecule is CC(C)c1cc(C(=O)N2CCC([C@H](O)c3nccn3C)CC2)cs1. The van der Waals surface area contributed by atoms with E-state index in [9.17, 15) is 9.90 Å². The third kappa shape index (κ3) is 3.39. The van der Waals surface area contributed by atoms with E-state index in [0.29, 0.717) is 24.8 Å². The second-order valence-electron chi connectivity index (χ2n) is 6.86. The molecule has 1 saturated heterocycles. The van der Waals surface area contributed by atoms with Crippen LogP contribution in [0, 0.1) is 5.92 Å². The van der Waals surface area contributed by atoms with Crippen molar-refractivity contribution < 1.29 is 9.90 Å². The van der Waals surface area contributed by atoms with Gasteiger partial charge in [0.1, 0.15) is 11.9 Å². The molecule has 1 aliphatic heterocycles. The zero-order valence-corrected chi connectivity index (χ0v) is 15.3. The summed E-state index contributed by atoms with van der Waals surface area (Å²) < 4.78 is 1.86. The molecule has 1 aliphatic rings. The number of aromatic nitrogens is 2. The highest BCUT2D eigenvalue weighted by Crippen LogP contribution is 2.31. The molecule has 5 nitrogen and oxygen atoms in total. The lowest BCUT2D eigenvalue weighted by molar-refractivity contribution is 0.0420. The number of amides is 1. The summed E-state index contributed by atoms with van der Waals surface area (Å²) in [5.41, 5.74) is 0.798. The van der Waals surface area contributed by atoms with Crippen LogP contribution in [0.15, 0.2) is 23.8 Å². The molecule has 0 spiro atoms. The number of nitrogens with zero attached hydrogens (tertiary/aromatic N) is 3. The summed E-state index contributed by atoms with van der Waals surface area (Å²) in [6.45, 7) is 5.67. The van der Waals surface area contributed by atoms with Gasteiger partial charge in [-0.1, -0.05) is 13.8 Å². The molecular formula is C18H25N3O2S. The van der Waals surface area contributed by atoms with Crippen LogP contribution in [0.2, 0.25) is 0 Å². The lowest BCUT2D eigenvalue weighted by Gasteiger charge is -2.34. The highest BCUT2D eigenvalue weighted by molar-refractivity contribution is 7.10. The molecule has 2 aromatic rings. The van der Waals surface area contributed by atoms with Crippen molar-refractivity contribution in [3.05, 3.63) is 40.1 Å². The van der Waals surface area contributed by atoms with Crippen molar-refractivity contribution in [3.8, 4) is 0 Å². The van der Waals surface area contributed by atoms with E-state index < -0.39 is 6.10 Å². The maximum Gasteiger partial charge on any atom is 0.254 e. The van der Waals surface area contributed by atoms with Crippen LogP contribution in [-0.2, 0) is 7.05 Å². The van der Waals surface area contributed by atoms with Gasteiger partial charge in [0.05, 0.1) is 5.56 Å². The number of carbonyl (C=O) groups is 1. The number of likely N-dealkylation sites (tertiary alicyclic amines) is 1. The van der Waals surface area contributed by atoms with Gasteiger partial charge in [0.2, 0.25) is 0 Å². The Balaban J connectivity index is 1.60. The third-order valence-corrected chi connectivity index (χ3v) is 6.07. The Hall–Kier alpha value is -1.66. The van der Waals surface area contributed by atoms with E-state index in [1.807, 2.05) is 34.2 Å². The van der Waals surface area contributed by atoms with Crippen molar-refractivity contribution >= 4 is 17.2 Å². The molecule has 0 aromatic carbocycles.